The molecule has 0 saturated heterocycles. The topological polar surface area (TPSA) is 43.8 Å². The van der Waals surface area contributed by atoms with E-state index in [1.165, 1.54) is 10.5 Å². The molecule has 0 atom stereocenters. The highest BCUT2D eigenvalue weighted by molar-refractivity contribution is 7.99. The van der Waals surface area contributed by atoms with Crippen molar-refractivity contribution in [1.82, 2.24) is 9.78 Å². The van der Waals surface area contributed by atoms with E-state index in [-0.39, 0.29) is 0 Å². The van der Waals surface area contributed by atoms with Crippen LogP contribution < -0.4 is 5.73 Å². The normalized spacial score (nSPS) is 11.2. The van der Waals surface area contributed by atoms with Crippen LogP contribution in [0, 0.1) is 6.92 Å². The fraction of sp³-hybridized carbons (Fsp3) is 0.357. The maximum atomic E-state index is 6.20. The molecule has 1 aromatic carbocycles. The van der Waals surface area contributed by atoms with Crippen LogP contribution in [0.2, 0.25) is 0 Å². The SMILES string of the molecule is Cc1ccccc1Sc1c(N)c(C(C)C)nn1C. The van der Waals surface area contributed by atoms with Gasteiger partial charge >= 0.3 is 0 Å². The second kappa shape index (κ2) is 5.06. The predicted molar refractivity (Wildman–Crippen MR) is 77.0 cm³/mol. The summed E-state index contributed by atoms with van der Waals surface area (Å²) in [7, 11) is 1.95. The lowest BCUT2D eigenvalue weighted by Gasteiger charge is -2.06. The summed E-state index contributed by atoms with van der Waals surface area (Å²) >= 11 is 1.68. The van der Waals surface area contributed by atoms with Crippen LogP contribution in [0.4, 0.5) is 5.69 Å². The van der Waals surface area contributed by atoms with Gasteiger partial charge in [0, 0.05) is 11.9 Å². The Kier molecular flexibility index (Phi) is 3.66. The molecule has 0 aliphatic carbocycles. The molecule has 0 spiro atoms. The smallest absolute Gasteiger partial charge is 0.122 e. The quantitative estimate of drug-likeness (QED) is 0.918. The Morgan fingerprint density at radius 2 is 1.94 bits per heavy atom. The number of aromatic nitrogens is 2. The summed E-state index contributed by atoms with van der Waals surface area (Å²) in [6.07, 6.45) is 0. The van der Waals surface area contributed by atoms with E-state index < -0.39 is 0 Å². The molecule has 0 unspecified atom stereocenters. The van der Waals surface area contributed by atoms with Crippen LogP contribution in [-0.4, -0.2) is 9.78 Å². The first-order chi connectivity index (χ1) is 8.50. The van der Waals surface area contributed by atoms with Gasteiger partial charge in [0.15, 0.2) is 0 Å². The highest BCUT2D eigenvalue weighted by atomic mass is 32.2. The van der Waals surface area contributed by atoms with Crippen LogP contribution in [0.3, 0.4) is 0 Å². The molecule has 0 aliphatic rings. The largest absolute Gasteiger partial charge is 0.395 e. The Morgan fingerprint density at radius 3 is 2.50 bits per heavy atom. The number of aryl methyl sites for hydroxylation is 2. The summed E-state index contributed by atoms with van der Waals surface area (Å²) in [6.45, 7) is 6.33. The highest BCUT2D eigenvalue weighted by Crippen LogP contribution is 2.36. The molecule has 96 valence electrons. The third-order valence-electron chi connectivity index (χ3n) is 2.91. The van der Waals surface area contributed by atoms with Crippen molar-refractivity contribution in [2.24, 2.45) is 7.05 Å². The molecule has 1 aromatic heterocycles. The number of hydrogen-bond donors (Lipinski definition) is 1. The van der Waals surface area contributed by atoms with Crippen molar-refractivity contribution in [2.45, 2.75) is 36.6 Å². The molecule has 2 N–H and O–H groups in total. The summed E-state index contributed by atoms with van der Waals surface area (Å²) in [5.41, 5.74) is 9.24. The van der Waals surface area contributed by atoms with Gasteiger partial charge in [0.25, 0.3) is 0 Å². The van der Waals surface area contributed by atoms with Crippen molar-refractivity contribution in [1.29, 1.82) is 0 Å². The molecule has 3 nitrogen and oxygen atoms in total. The van der Waals surface area contributed by atoms with Crippen molar-refractivity contribution in [3.63, 3.8) is 0 Å². The second-order valence-electron chi connectivity index (χ2n) is 4.75. The van der Waals surface area contributed by atoms with Crippen LogP contribution >= 0.6 is 11.8 Å². The van der Waals surface area contributed by atoms with Crippen molar-refractivity contribution >= 4 is 17.4 Å². The molecule has 2 aromatic rings. The first kappa shape index (κ1) is 13.0. The molecular weight excluding hydrogens is 242 g/mol. The lowest BCUT2D eigenvalue weighted by Crippen LogP contribution is -1.94. The van der Waals surface area contributed by atoms with Gasteiger partial charge in [-0.05, 0) is 24.5 Å². The standard InChI is InChI=1S/C14H19N3S/c1-9(2)13-12(15)14(17(4)16-13)18-11-8-6-5-7-10(11)3/h5-9H,15H2,1-4H3. The summed E-state index contributed by atoms with van der Waals surface area (Å²) in [5.74, 6) is 0.349. The molecule has 4 heteroatoms. The zero-order valence-electron chi connectivity index (χ0n) is 11.3. The van der Waals surface area contributed by atoms with Crippen molar-refractivity contribution in [3.8, 4) is 0 Å². The van der Waals surface area contributed by atoms with E-state index in [0.717, 1.165) is 16.4 Å². The summed E-state index contributed by atoms with van der Waals surface area (Å²) in [6, 6.07) is 8.32. The number of anilines is 1. The van der Waals surface area contributed by atoms with Crippen molar-refractivity contribution in [2.75, 3.05) is 5.73 Å². The van der Waals surface area contributed by atoms with E-state index in [9.17, 15) is 0 Å². The van der Waals surface area contributed by atoms with E-state index >= 15 is 0 Å². The van der Waals surface area contributed by atoms with Crippen LogP contribution in [0.15, 0.2) is 34.2 Å². The van der Waals surface area contributed by atoms with E-state index in [0.29, 0.717) is 5.92 Å². The number of rotatable bonds is 3. The monoisotopic (exact) mass is 261 g/mol. The van der Waals surface area contributed by atoms with Crippen molar-refractivity contribution in [3.05, 3.63) is 35.5 Å². The van der Waals surface area contributed by atoms with Crippen LogP contribution in [-0.2, 0) is 7.05 Å². The predicted octanol–water partition coefficient (Wildman–Crippen LogP) is 3.59. The molecule has 1 heterocycles. The third-order valence-corrected chi connectivity index (χ3v) is 4.26. The van der Waals surface area contributed by atoms with Gasteiger partial charge in [-0.3, -0.25) is 4.68 Å². The van der Waals surface area contributed by atoms with Gasteiger partial charge in [0.1, 0.15) is 5.03 Å². The maximum Gasteiger partial charge on any atom is 0.122 e. The lowest BCUT2D eigenvalue weighted by atomic mass is 10.1. The molecule has 0 aliphatic heterocycles. The van der Waals surface area contributed by atoms with Crippen LogP contribution in [0.25, 0.3) is 0 Å². The Hall–Kier alpha value is -1.42. The number of nitrogens with zero attached hydrogens (tertiary/aromatic N) is 2. The fourth-order valence-electron chi connectivity index (χ4n) is 1.87. The number of benzene rings is 1. The van der Waals surface area contributed by atoms with Gasteiger partial charge < -0.3 is 5.73 Å². The van der Waals surface area contributed by atoms with E-state index in [1.54, 1.807) is 11.8 Å². The molecule has 0 amide bonds. The minimum absolute atomic E-state index is 0.349. The first-order valence-electron chi connectivity index (χ1n) is 6.06. The van der Waals surface area contributed by atoms with Gasteiger partial charge in [-0.25, -0.2) is 0 Å². The molecule has 0 saturated carbocycles. The summed E-state index contributed by atoms with van der Waals surface area (Å²) in [5, 5.41) is 5.53. The van der Waals surface area contributed by atoms with Crippen LogP contribution in [0.5, 0.6) is 0 Å². The Labute approximate surface area is 112 Å². The zero-order valence-corrected chi connectivity index (χ0v) is 12.1. The highest BCUT2D eigenvalue weighted by Gasteiger charge is 2.17. The van der Waals surface area contributed by atoms with E-state index in [2.05, 4.69) is 38.0 Å². The second-order valence-corrected chi connectivity index (χ2v) is 5.78. The minimum Gasteiger partial charge on any atom is -0.395 e. The lowest BCUT2D eigenvalue weighted by molar-refractivity contribution is 0.671. The van der Waals surface area contributed by atoms with Gasteiger partial charge in [-0.15, -0.1) is 0 Å². The minimum atomic E-state index is 0.349. The van der Waals surface area contributed by atoms with Gasteiger partial charge in [-0.1, -0.05) is 43.8 Å². The number of nitrogen functional groups attached to an aromatic ring is 1. The molecular formula is C14H19N3S. The average molecular weight is 261 g/mol. The van der Waals surface area contributed by atoms with E-state index in [1.807, 2.05) is 23.9 Å². The van der Waals surface area contributed by atoms with Gasteiger partial charge in [0.05, 0.1) is 11.4 Å². The van der Waals surface area contributed by atoms with Gasteiger partial charge in [0.2, 0.25) is 0 Å². The molecule has 0 radical (unpaired) electrons. The Morgan fingerprint density at radius 1 is 1.28 bits per heavy atom. The maximum absolute atomic E-state index is 6.20. The Bertz CT molecular complexity index is 558. The summed E-state index contributed by atoms with van der Waals surface area (Å²) in [4.78, 5) is 1.22. The van der Waals surface area contributed by atoms with E-state index in [4.69, 9.17) is 5.73 Å². The molecule has 2 rings (SSSR count). The fourth-order valence-corrected chi connectivity index (χ4v) is 2.84. The zero-order chi connectivity index (χ0) is 13.3. The molecule has 18 heavy (non-hydrogen) atoms. The molecule has 0 fully saturated rings. The molecule has 0 bridgehead atoms. The first-order valence-corrected chi connectivity index (χ1v) is 6.88. The van der Waals surface area contributed by atoms with Crippen LogP contribution in [0.1, 0.15) is 31.0 Å². The number of nitrogens with two attached hydrogens (primary N) is 1. The number of hydrogen-bond acceptors (Lipinski definition) is 3. The Balaban J connectivity index is 2.38. The summed E-state index contributed by atoms with van der Waals surface area (Å²) < 4.78 is 1.88. The van der Waals surface area contributed by atoms with Crippen molar-refractivity contribution < 1.29 is 0 Å². The average Bonchev–Trinajstić information content (AvgIpc) is 2.60. The third kappa shape index (κ3) is 2.38. The van der Waals surface area contributed by atoms with Gasteiger partial charge in [-0.2, -0.15) is 5.10 Å².